The van der Waals surface area contributed by atoms with Crippen LogP contribution in [0.5, 0.6) is 11.5 Å². The van der Waals surface area contributed by atoms with E-state index in [2.05, 4.69) is 24.8 Å². The van der Waals surface area contributed by atoms with Crippen LogP contribution in [0.4, 0.5) is 4.39 Å². The molecule has 1 heterocycles. The van der Waals surface area contributed by atoms with E-state index in [1.54, 1.807) is 26.4 Å². The molecule has 25 heavy (non-hydrogen) atoms. The van der Waals surface area contributed by atoms with Gasteiger partial charge in [0.05, 0.1) is 20.8 Å². The molecular formula is C20H27FN2O2+2. The Hall–Kier alpha value is -2.11. The average molecular weight is 346 g/mol. The highest BCUT2D eigenvalue weighted by Gasteiger charge is 2.36. The Balaban J connectivity index is 1.96. The number of halogens is 1. The Kier molecular flexibility index (Phi) is 5.25. The molecule has 0 spiro atoms. The van der Waals surface area contributed by atoms with Crippen LogP contribution < -0.4 is 20.1 Å². The summed E-state index contributed by atoms with van der Waals surface area (Å²) >= 11 is 0. The SMILES string of the molecule is COc1cc2c(cc1OC)[C@H]([C@@H](C)[NH3+])[NH+](Cc1cccc(F)c1)CC2. The average Bonchev–Trinajstić information content (AvgIpc) is 2.60. The zero-order valence-corrected chi connectivity index (χ0v) is 15.1. The molecule has 2 aromatic carbocycles. The lowest BCUT2D eigenvalue weighted by molar-refractivity contribution is -0.957. The summed E-state index contributed by atoms with van der Waals surface area (Å²) in [6.07, 6.45) is 0.962. The Morgan fingerprint density at radius 3 is 2.56 bits per heavy atom. The third-order valence-corrected chi connectivity index (χ3v) is 5.02. The summed E-state index contributed by atoms with van der Waals surface area (Å²) in [6.45, 7) is 3.92. The standard InChI is InChI=1S/C20H25FN2O2/c1-13(22)20-17-11-19(25-3)18(24-2)10-15(17)7-8-23(20)12-14-5-4-6-16(21)9-14/h4-6,9-11,13,20H,7-8,12,22H2,1-3H3/p+2/t13-,20+/m1/s1. The molecule has 3 rings (SSSR count). The van der Waals surface area contributed by atoms with Crippen molar-refractivity contribution in [2.75, 3.05) is 20.8 Å². The van der Waals surface area contributed by atoms with Crippen LogP contribution in [0, 0.1) is 5.82 Å². The van der Waals surface area contributed by atoms with Crippen LogP contribution in [0.1, 0.15) is 29.7 Å². The van der Waals surface area contributed by atoms with Gasteiger partial charge in [-0.3, -0.25) is 0 Å². The van der Waals surface area contributed by atoms with Gasteiger partial charge >= 0.3 is 0 Å². The van der Waals surface area contributed by atoms with Crippen molar-refractivity contribution in [3.05, 3.63) is 58.9 Å². The van der Waals surface area contributed by atoms with Crippen LogP contribution in [-0.4, -0.2) is 26.8 Å². The second-order valence-electron chi connectivity index (χ2n) is 6.83. The Labute approximate surface area is 148 Å². The Bertz CT molecular complexity index is 748. The molecule has 2 aromatic rings. The minimum Gasteiger partial charge on any atom is -0.493 e. The number of benzene rings is 2. The minimum absolute atomic E-state index is 0.181. The van der Waals surface area contributed by atoms with Crippen LogP contribution in [0.25, 0.3) is 0 Å². The largest absolute Gasteiger partial charge is 0.493 e. The molecule has 1 unspecified atom stereocenters. The van der Waals surface area contributed by atoms with Crippen LogP contribution >= 0.6 is 0 Å². The van der Waals surface area contributed by atoms with Crippen molar-refractivity contribution in [2.45, 2.75) is 32.0 Å². The highest BCUT2D eigenvalue weighted by molar-refractivity contribution is 5.49. The summed E-state index contributed by atoms with van der Waals surface area (Å²) < 4.78 is 24.5. The van der Waals surface area contributed by atoms with Gasteiger partial charge in [0, 0.05) is 17.5 Å². The van der Waals surface area contributed by atoms with Crippen molar-refractivity contribution in [2.24, 2.45) is 0 Å². The van der Waals surface area contributed by atoms with Crippen molar-refractivity contribution >= 4 is 0 Å². The fraction of sp³-hybridized carbons (Fsp3) is 0.400. The van der Waals surface area contributed by atoms with Crippen molar-refractivity contribution in [1.82, 2.24) is 0 Å². The fourth-order valence-corrected chi connectivity index (χ4v) is 3.93. The molecule has 5 heteroatoms. The van der Waals surface area contributed by atoms with E-state index in [-0.39, 0.29) is 17.9 Å². The summed E-state index contributed by atoms with van der Waals surface area (Å²) in [5.41, 5.74) is 7.87. The lowest BCUT2D eigenvalue weighted by Gasteiger charge is -2.35. The molecule has 0 fully saturated rings. The first-order valence-electron chi connectivity index (χ1n) is 8.70. The molecule has 0 saturated carbocycles. The summed E-state index contributed by atoms with van der Waals surface area (Å²) in [4.78, 5) is 1.41. The third kappa shape index (κ3) is 3.62. The number of hydrogen-bond donors (Lipinski definition) is 2. The van der Waals surface area contributed by atoms with Crippen LogP contribution in [0.15, 0.2) is 36.4 Å². The maximum absolute atomic E-state index is 13.5. The first-order chi connectivity index (χ1) is 12.0. The molecule has 0 amide bonds. The minimum atomic E-state index is -0.181. The predicted molar refractivity (Wildman–Crippen MR) is 94.3 cm³/mol. The second-order valence-corrected chi connectivity index (χ2v) is 6.83. The predicted octanol–water partition coefficient (Wildman–Crippen LogP) is 1.16. The van der Waals surface area contributed by atoms with Gasteiger partial charge in [-0.15, -0.1) is 0 Å². The molecular weight excluding hydrogens is 319 g/mol. The Morgan fingerprint density at radius 1 is 1.20 bits per heavy atom. The molecule has 0 bridgehead atoms. The number of ether oxygens (including phenoxy) is 2. The van der Waals surface area contributed by atoms with Crippen molar-refractivity contribution in [3.8, 4) is 11.5 Å². The normalized spacial score (nSPS) is 20.7. The topological polar surface area (TPSA) is 50.5 Å². The first-order valence-corrected chi connectivity index (χ1v) is 8.70. The maximum Gasteiger partial charge on any atom is 0.166 e. The number of fused-ring (bicyclic) bond motifs is 1. The van der Waals surface area contributed by atoms with Gasteiger partial charge < -0.3 is 20.1 Å². The summed E-state index contributed by atoms with van der Waals surface area (Å²) in [6, 6.07) is 11.5. The molecule has 1 aliphatic rings. The Morgan fingerprint density at radius 2 is 1.92 bits per heavy atom. The zero-order chi connectivity index (χ0) is 18.0. The molecule has 0 aliphatic carbocycles. The van der Waals surface area contributed by atoms with Gasteiger partial charge in [0.15, 0.2) is 17.5 Å². The van der Waals surface area contributed by atoms with E-state index in [9.17, 15) is 4.39 Å². The molecule has 0 saturated heterocycles. The number of quaternary nitrogens is 2. The summed E-state index contributed by atoms with van der Waals surface area (Å²) in [7, 11) is 3.32. The first kappa shape index (κ1) is 17.7. The number of nitrogens with one attached hydrogen (secondary N) is 1. The highest BCUT2D eigenvalue weighted by Crippen LogP contribution is 2.34. The quantitative estimate of drug-likeness (QED) is 0.854. The number of rotatable bonds is 5. The molecule has 4 N–H and O–H groups in total. The molecule has 1 aliphatic heterocycles. The number of hydrogen-bond acceptors (Lipinski definition) is 2. The van der Waals surface area contributed by atoms with Gasteiger partial charge in [-0.05, 0) is 36.8 Å². The van der Waals surface area contributed by atoms with E-state index in [4.69, 9.17) is 9.47 Å². The van der Waals surface area contributed by atoms with Gasteiger partial charge in [-0.1, -0.05) is 12.1 Å². The molecule has 0 aromatic heterocycles. The van der Waals surface area contributed by atoms with E-state index >= 15 is 0 Å². The van der Waals surface area contributed by atoms with Gasteiger partial charge in [0.2, 0.25) is 0 Å². The second kappa shape index (κ2) is 7.42. The molecule has 4 nitrogen and oxygen atoms in total. The molecule has 0 radical (unpaired) electrons. The lowest BCUT2D eigenvalue weighted by Crippen LogP contribution is -3.14. The highest BCUT2D eigenvalue weighted by atomic mass is 19.1. The summed E-state index contributed by atoms with van der Waals surface area (Å²) in [5, 5.41) is 0. The van der Waals surface area contributed by atoms with E-state index in [0.29, 0.717) is 0 Å². The van der Waals surface area contributed by atoms with Gasteiger partial charge in [-0.25, -0.2) is 4.39 Å². The number of methoxy groups -OCH3 is 2. The van der Waals surface area contributed by atoms with E-state index in [1.165, 1.54) is 22.1 Å². The lowest BCUT2D eigenvalue weighted by atomic mass is 9.88. The van der Waals surface area contributed by atoms with Gasteiger partial charge in [0.1, 0.15) is 18.4 Å². The summed E-state index contributed by atoms with van der Waals surface area (Å²) in [5.74, 6) is 1.34. The van der Waals surface area contributed by atoms with E-state index in [1.807, 2.05) is 6.07 Å². The molecule has 134 valence electrons. The van der Waals surface area contributed by atoms with E-state index < -0.39 is 0 Å². The van der Waals surface area contributed by atoms with Gasteiger partial charge in [-0.2, -0.15) is 0 Å². The van der Waals surface area contributed by atoms with Crippen molar-refractivity contribution < 1.29 is 24.5 Å². The fourth-order valence-electron chi connectivity index (χ4n) is 3.93. The smallest absolute Gasteiger partial charge is 0.166 e. The van der Waals surface area contributed by atoms with Crippen LogP contribution in [0.3, 0.4) is 0 Å². The molecule has 3 atom stereocenters. The van der Waals surface area contributed by atoms with Crippen molar-refractivity contribution in [1.29, 1.82) is 0 Å². The third-order valence-electron chi connectivity index (χ3n) is 5.02. The monoisotopic (exact) mass is 346 g/mol. The van der Waals surface area contributed by atoms with Crippen molar-refractivity contribution in [3.63, 3.8) is 0 Å². The van der Waals surface area contributed by atoms with E-state index in [0.717, 1.165) is 36.6 Å². The maximum atomic E-state index is 13.5. The zero-order valence-electron chi connectivity index (χ0n) is 15.1. The van der Waals surface area contributed by atoms with Gasteiger partial charge in [0.25, 0.3) is 0 Å². The van der Waals surface area contributed by atoms with Crippen LogP contribution in [-0.2, 0) is 13.0 Å². The van der Waals surface area contributed by atoms with Crippen LogP contribution in [0.2, 0.25) is 0 Å².